The summed E-state index contributed by atoms with van der Waals surface area (Å²) in [6, 6.07) is 37.1. The Morgan fingerprint density at radius 3 is 1.97 bits per heavy atom. The Balaban J connectivity index is 1.65. The number of pyridine rings is 1. The molecule has 0 saturated carbocycles. The predicted octanol–water partition coefficient (Wildman–Crippen LogP) is 6.74. The minimum atomic E-state index is 1.18. The number of aromatic nitrogens is 2. The summed E-state index contributed by atoms with van der Waals surface area (Å²) in [6.07, 6.45) is 0. The van der Waals surface area contributed by atoms with Crippen LogP contribution in [0, 0.1) is 6.92 Å². The molecular formula is C29H23N2+. The topological polar surface area (TPSA) is 8.81 Å². The van der Waals surface area contributed by atoms with Gasteiger partial charge in [0.15, 0.2) is 0 Å². The highest BCUT2D eigenvalue weighted by Gasteiger charge is 2.17. The maximum absolute atomic E-state index is 2.38. The zero-order valence-corrected chi connectivity index (χ0v) is 17.7. The predicted molar refractivity (Wildman–Crippen MR) is 130 cm³/mol. The maximum atomic E-state index is 2.38. The molecule has 6 aromatic rings. The van der Waals surface area contributed by atoms with E-state index in [4.69, 9.17) is 0 Å². The van der Waals surface area contributed by atoms with Crippen molar-refractivity contribution in [2.45, 2.75) is 6.92 Å². The molecule has 0 aliphatic heterocycles. The Bertz CT molecular complexity index is 1550. The molecule has 0 bridgehead atoms. The average molecular weight is 400 g/mol. The van der Waals surface area contributed by atoms with Crippen molar-refractivity contribution < 1.29 is 4.57 Å². The SMILES string of the molecule is Cc1ccccc1-c1ccc2ccc(-n3c4ccccc4c4ccccc43)cc2[n+]1C. The zero-order valence-electron chi connectivity index (χ0n) is 17.7. The molecule has 0 fully saturated rings. The molecule has 0 atom stereocenters. The van der Waals surface area contributed by atoms with Gasteiger partial charge in [0, 0.05) is 33.9 Å². The molecule has 6 rings (SSSR count). The molecule has 0 aliphatic rings. The van der Waals surface area contributed by atoms with E-state index in [0.29, 0.717) is 0 Å². The normalized spacial score (nSPS) is 11.5. The summed E-state index contributed by atoms with van der Waals surface area (Å²) in [4.78, 5) is 0. The molecule has 31 heavy (non-hydrogen) atoms. The molecule has 2 nitrogen and oxygen atoms in total. The molecule has 4 aromatic carbocycles. The summed E-state index contributed by atoms with van der Waals surface area (Å²) in [5.74, 6) is 0. The fraction of sp³-hybridized carbons (Fsp3) is 0.0690. The van der Waals surface area contributed by atoms with Crippen molar-refractivity contribution in [2.75, 3.05) is 0 Å². The Hall–Kier alpha value is -3.91. The van der Waals surface area contributed by atoms with Gasteiger partial charge in [-0.2, -0.15) is 4.57 Å². The van der Waals surface area contributed by atoms with E-state index in [1.165, 1.54) is 55.2 Å². The molecule has 0 unspecified atom stereocenters. The zero-order chi connectivity index (χ0) is 20.9. The van der Waals surface area contributed by atoms with Crippen LogP contribution in [0.2, 0.25) is 0 Å². The van der Waals surface area contributed by atoms with Gasteiger partial charge in [-0.15, -0.1) is 0 Å². The summed E-state index contributed by atoms with van der Waals surface area (Å²) < 4.78 is 4.69. The van der Waals surface area contributed by atoms with E-state index in [0.717, 1.165) is 0 Å². The van der Waals surface area contributed by atoms with E-state index in [-0.39, 0.29) is 0 Å². The van der Waals surface area contributed by atoms with Crippen molar-refractivity contribution in [1.82, 2.24) is 4.57 Å². The quantitative estimate of drug-likeness (QED) is 0.285. The molecule has 0 amide bonds. The van der Waals surface area contributed by atoms with Gasteiger partial charge in [0.25, 0.3) is 0 Å². The van der Waals surface area contributed by atoms with E-state index < -0.39 is 0 Å². The van der Waals surface area contributed by atoms with Crippen LogP contribution in [0.3, 0.4) is 0 Å². The number of para-hydroxylation sites is 2. The fourth-order valence-corrected chi connectivity index (χ4v) is 4.84. The van der Waals surface area contributed by atoms with Crippen molar-refractivity contribution in [3.8, 4) is 16.9 Å². The number of hydrogen-bond acceptors (Lipinski definition) is 0. The molecule has 2 aromatic heterocycles. The first-order valence-corrected chi connectivity index (χ1v) is 10.7. The highest BCUT2D eigenvalue weighted by Crippen LogP contribution is 2.32. The lowest BCUT2D eigenvalue weighted by atomic mass is 10.0. The Kier molecular flexibility index (Phi) is 3.94. The molecule has 0 N–H and O–H groups in total. The third-order valence-corrected chi connectivity index (χ3v) is 6.42. The summed E-state index contributed by atoms with van der Waals surface area (Å²) in [7, 11) is 2.17. The minimum absolute atomic E-state index is 1.18. The van der Waals surface area contributed by atoms with Crippen molar-refractivity contribution in [3.63, 3.8) is 0 Å². The van der Waals surface area contributed by atoms with Crippen molar-refractivity contribution in [2.24, 2.45) is 7.05 Å². The Morgan fingerprint density at radius 1 is 0.645 bits per heavy atom. The monoisotopic (exact) mass is 399 g/mol. The van der Waals surface area contributed by atoms with Gasteiger partial charge >= 0.3 is 0 Å². The van der Waals surface area contributed by atoms with Crippen molar-refractivity contribution >= 4 is 32.7 Å². The van der Waals surface area contributed by atoms with E-state index in [9.17, 15) is 0 Å². The van der Waals surface area contributed by atoms with Crippen molar-refractivity contribution in [3.05, 3.63) is 109 Å². The largest absolute Gasteiger partial charge is 0.309 e. The van der Waals surface area contributed by atoms with Gasteiger partial charge in [0.2, 0.25) is 11.2 Å². The van der Waals surface area contributed by atoms with Gasteiger partial charge in [-0.05, 0) is 48.9 Å². The second kappa shape index (κ2) is 6.82. The number of nitrogens with zero attached hydrogens (tertiary/aromatic N) is 2. The average Bonchev–Trinajstić information content (AvgIpc) is 3.14. The van der Waals surface area contributed by atoms with Crippen LogP contribution >= 0.6 is 0 Å². The van der Waals surface area contributed by atoms with Crippen molar-refractivity contribution in [1.29, 1.82) is 0 Å². The van der Waals surface area contributed by atoms with Gasteiger partial charge in [-0.3, -0.25) is 0 Å². The molecule has 0 aliphatic carbocycles. The summed E-state index contributed by atoms with van der Waals surface area (Å²) >= 11 is 0. The lowest BCUT2D eigenvalue weighted by molar-refractivity contribution is -0.633. The molecule has 2 heteroatoms. The van der Waals surface area contributed by atoms with E-state index >= 15 is 0 Å². The van der Waals surface area contributed by atoms with Crippen LogP contribution in [0.15, 0.2) is 103 Å². The Labute approximate surface area is 181 Å². The highest BCUT2D eigenvalue weighted by atomic mass is 15.0. The summed E-state index contributed by atoms with van der Waals surface area (Å²) in [5, 5.41) is 3.82. The van der Waals surface area contributed by atoms with Crippen LogP contribution in [0.25, 0.3) is 49.7 Å². The molecule has 0 saturated heterocycles. The van der Waals surface area contributed by atoms with Gasteiger partial charge in [0.1, 0.15) is 7.05 Å². The first-order chi connectivity index (χ1) is 15.2. The third-order valence-electron chi connectivity index (χ3n) is 6.42. The van der Waals surface area contributed by atoms with Crippen LogP contribution in [-0.2, 0) is 7.05 Å². The third kappa shape index (κ3) is 2.69. The maximum Gasteiger partial charge on any atom is 0.214 e. The molecule has 2 heterocycles. The van der Waals surface area contributed by atoms with Gasteiger partial charge in [0.05, 0.1) is 16.7 Å². The molecule has 0 radical (unpaired) electrons. The highest BCUT2D eigenvalue weighted by molar-refractivity contribution is 6.09. The van der Waals surface area contributed by atoms with E-state index in [1.807, 2.05) is 0 Å². The van der Waals surface area contributed by atoms with Gasteiger partial charge in [-0.25, -0.2) is 0 Å². The van der Waals surface area contributed by atoms with Gasteiger partial charge < -0.3 is 4.57 Å². The lowest BCUT2D eigenvalue weighted by Gasteiger charge is -2.10. The van der Waals surface area contributed by atoms with Crippen LogP contribution < -0.4 is 4.57 Å². The van der Waals surface area contributed by atoms with Gasteiger partial charge in [-0.1, -0.05) is 54.6 Å². The van der Waals surface area contributed by atoms with Crippen LogP contribution in [0.5, 0.6) is 0 Å². The summed E-state index contributed by atoms with van der Waals surface area (Å²) in [6.45, 7) is 2.17. The van der Waals surface area contributed by atoms with E-state index in [2.05, 4.69) is 126 Å². The lowest BCUT2D eigenvalue weighted by Crippen LogP contribution is -2.32. The number of benzene rings is 4. The molecular weight excluding hydrogens is 376 g/mol. The standard InChI is InChI=1S/C29H23N2/c1-20-9-3-4-10-23(20)26-18-16-21-15-17-22(19-29(21)30(26)2)31-27-13-7-5-11-24(27)25-12-6-8-14-28(25)31/h3-19H,1-2H3/q+1. The molecule has 0 spiro atoms. The fourth-order valence-electron chi connectivity index (χ4n) is 4.84. The van der Waals surface area contributed by atoms with Crippen LogP contribution in [0.4, 0.5) is 0 Å². The molecule has 148 valence electrons. The minimum Gasteiger partial charge on any atom is -0.309 e. The second-order valence-electron chi connectivity index (χ2n) is 8.21. The number of fused-ring (bicyclic) bond motifs is 4. The smallest absolute Gasteiger partial charge is 0.214 e. The second-order valence-corrected chi connectivity index (χ2v) is 8.21. The van der Waals surface area contributed by atoms with E-state index in [1.54, 1.807) is 0 Å². The summed E-state index contributed by atoms with van der Waals surface area (Å²) in [5.41, 5.74) is 8.67. The Morgan fingerprint density at radius 2 is 1.26 bits per heavy atom. The van der Waals surface area contributed by atoms with Crippen LogP contribution in [0.1, 0.15) is 5.56 Å². The first-order valence-electron chi connectivity index (χ1n) is 10.7. The van der Waals surface area contributed by atoms with Crippen LogP contribution in [-0.4, -0.2) is 4.57 Å². The number of aryl methyl sites for hydroxylation is 2. The number of hydrogen-bond donors (Lipinski definition) is 0. The first kappa shape index (κ1) is 17.9. The number of rotatable bonds is 2.